The van der Waals surface area contributed by atoms with Gasteiger partial charge in [-0.2, -0.15) is 0 Å². The largest absolute Gasteiger partial charge is 0.375 e. The van der Waals surface area contributed by atoms with E-state index in [0.717, 1.165) is 13.2 Å². The highest BCUT2D eigenvalue weighted by molar-refractivity contribution is 4.83. The van der Waals surface area contributed by atoms with Gasteiger partial charge in [-0.1, -0.05) is 6.42 Å². The predicted octanol–water partition coefficient (Wildman–Crippen LogP) is 2.00. The van der Waals surface area contributed by atoms with Gasteiger partial charge in [-0.15, -0.1) is 0 Å². The van der Waals surface area contributed by atoms with Crippen LogP contribution >= 0.6 is 0 Å². The molecule has 96 valence electrons. The third kappa shape index (κ3) is 4.81. The van der Waals surface area contributed by atoms with Gasteiger partial charge in [0.2, 0.25) is 0 Å². The van der Waals surface area contributed by atoms with Crippen molar-refractivity contribution in [3.63, 3.8) is 0 Å². The summed E-state index contributed by atoms with van der Waals surface area (Å²) in [7, 11) is 0. The molecular weight excluding hydrogens is 200 g/mol. The van der Waals surface area contributed by atoms with Crippen LogP contribution in [-0.2, 0) is 4.74 Å². The van der Waals surface area contributed by atoms with E-state index < -0.39 is 0 Å². The molecule has 1 heterocycles. The molecule has 0 aliphatic carbocycles. The zero-order valence-corrected chi connectivity index (χ0v) is 11.3. The summed E-state index contributed by atoms with van der Waals surface area (Å²) < 4.78 is 5.78. The SMILES string of the molecule is CC(N)C1CCCCN1CCOC(C)(C)C. The number of piperidine rings is 1. The highest BCUT2D eigenvalue weighted by atomic mass is 16.5. The Balaban J connectivity index is 2.33. The van der Waals surface area contributed by atoms with Crippen molar-refractivity contribution in [2.75, 3.05) is 19.7 Å². The Hall–Kier alpha value is -0.120. The molecule has 1 rings (SSSR count). The van der Waals surface area contributed by atoms with Gasteiger partial charge >= 0.3 is 0 Å². The van der Waals surface area contributed by atoms with Crippen molar-refractivity contribution in [2.45, 2.75) is 64.6 Å². The number of nitrogens with two attached hydrogens (primary N) is 1. The topological polar surface area (TPSA) is 38.5 Å². The smallest absolute Gasteiger partial charge is 0.0600 e. The first-order valence-corrected chi connectivity index (χ1v) is 6.54. The molecule has 0 aromatic heterocycles. The Morgan fingerprint density at radius 2 is 2.06 bits per heavy atom. The molecule has 2 unspecified atom stereocenters. The molecule has 0 amide bonds. The minimum Gasteiger partial charge on any atom is -0.375 e. The first-order chi connectivity index (χ1) is 7.40. The minimum atomic E-state index is -0.0282. The maximum absolute atomic E-state index is 6.03. The van der Waals surface area contributed by atoms with Gasteiger partial charge in [0, 0.05) is 18.6 Å². The van der Waals surface area contributed by atoms with E-state index in [9.17, 15) is 0 Å². The third-order valence-corrected chi connectivity index (χ3v) is 3.18. The molecule has 0 bridgehead atoms. The van der Waals surface area contributed by atoms with Gasteiger partial charge in [-0.25, -0.2) is 0 Å². The molecule has 16 heavy (non-hydrogen) atoms. The molecular formula is C13H28N2O. The molecule has 3 heteroatoms. The zero-order chi connectivity index (χ0) is 12.2. The van der Waals surface area contributed by atoms with Crippen molar-refractivity contribution in [1.29, 1.82) is 0 Å². The molecule has 0 saturated carbocycles. The maximum Gasteiger partial charge on any atom is 0.0600 e. The molecule has 2 atom stereocenters. The number of nitrogens with zero attached hydrogens (tertiary/aromatic N) is 1. The monoisotopic (exact) mass is 228 g/mol. The summed E-state index contributed by atoms with van der Waals surface area (Å²) in [4.78, 5) is 2.50. The summed E-state index contributed by atoms with van der Waals surface area (Å²) in [6, 6.07) is 0.826. The molecule has 1 saturated heterocycles. The van der Waals surface area contributed by atoms with Gasteiger partial charge in [0.25, 0.3) is 0 Å². The average Bonchev–Trinajstić information content (AvgIpc) is 2.16. The summed E-state index contributed by atoms with van der Waals surface area (Å²) in [5.74, 6) is 0. The lowest BCUT2D eigenvalue weighted by atomic mass is 9.97. The fourth-order valence-electron chi connectivity index (χ4n) is 2.36. The van der Waals surface area contributed by atoms with Crippen molar-refractivity contribution in [1.82, 2.24) is 4.90 Å². The van der Waals surface area contributed by atoms with Gasteiger partial charge in [-0.3, -0.25) is 4.90 Å². The van der Waals surface area contributed by atoms with Crippen LogP contribution in [0.3, 0.4) is 0 Å². The predicted molar refractivity (Wildman–Crippen MR) is 68.6 cm³/mol. The van der Waals surface area contributed by atoms with Gasteiger partial charge in [-0.05, 0) is 47.1 Å². The third-order valence-electron chi connectivity index (χ3n) is 3.18. The summed E-state index contributed by atoms with van der Waals surface area (Å²) >= 11 is 0. The Morgan fingerprint density at radius 3 is 2.62 bits per heavy atom. The Labute approximate surface area is 100 Å². The zero-order valence-electron chi connectivity index (χ0n) is 11.3. The Kier molecular flexibility index (Phi) is 5.22. The van der Waals surface area contributed by atoms with Crippen LogP contribution in [0.4, 0.5) is 0 Å². The highest BCUT2D eigenvalue weighted by Crippen LogP contribution is 2.19. The number of ether oxygens (including phenoxy) is 1. The molecule has 0 spiro atoms. The van der Waals surface area contributed by atoms with Crippen LogP contribution in [0, 0.1) is 0 Å². The normalized spacial score (nSPS) is 25.7. The molecule has 0 aromatic rings. The van der Waals surface area contributed by atoms with E-state index in [4.69, 9.17) is 10.5 Å². The van der Waals surface area contributed by atoms with Crippen molar-refractivity contribution >= 4 is 0 Å². The minimum absolute atomic E-state index is 0.0282. The van der Waals surface area contributed by atoms with E-state index in [1.54, 1.807) is 0 Å². The summed E-state index contributed by atoms with van der Waals surface area (Å²) in [6.45, 7) is 11.4. The fraction of sp³-hybridized carbons (Fsp3) is 1.00. The van der Waals surface area contributed by atoms with E-state index in [0.29, 0.717) is 6.04 Å². The van der Waals surface area contributed by atoms with Crippen LogP contribution in [-0.4, -0.2) is 42.3 Å². The van der Waals surface area contributed by atoms with E-state index >= 15 is 0 Å². The highest BCUT2D eigenvalue weighted by Gasteiger charge is 2.25. The number of rotatable bonds is 4. The second kappa shape index (κ2) is 5.99. The van der Waals surface area contributed by atoms with Gasteiger partial charge in [0.1, 0.15) is 0 Å². The second-order valence-electron chi connectivity index (χ2n) is 5.92. The first kappa shape index (κ1) is 13.9. The lowest BCUT2D eigenvalue weighted by Gasteiger charge is -2.38. The lowest BCUT2D eigenvalue weighted by molar-refractivity contribution is -0.0223. The first-order valence-electron chi connectivity index (χ1n) is 6.54. The standard InChI is InChI=1S/C13H28N2O/c1-11(14)12-7-5-6-8-15(12)9-10-16-13(2,3)4/h11-12H,5-10,14H2,1-4H3. The molecule has 3 nitrogen and oxygen atoms in total. The Morgan fingerprint density at radius 1 is 1.38 bits per heavy atom. The van der Waals surface area contributed by atoms with Crippen LogP contribution in [0.15, 0.2) is 0 Å². The second-order valence-corrected chi connectivity index (χ2v) is 5.92. The summed E-state index contributed by atoms with van der Waals surface area (Å²) in [5, 5.41) is 0. The van der Waals surface area contributed by atoms with Crippen LogP contribution in [0.25, 0.3) is 0 Å². The van der Waals surface area contributed by atoms with Crippen molar-refractivity contribution in [3.8, 4) is 0 Å². The number of hydrogen-bond acceptors (Lipinski definition) is 3. The molecule has 0 radical (unpaired) electrons. The van der Waals surface area contributed by atoms with Gasteiger partial charge < -0.3 is 10.5 Å². The summed E-state index contributed by atoms with van der Waals surface area (Å²) in [6.07, 6.45) is 3.87. The van der Waals surface area contributed by atoms with E-state index in [1.807, 2.05) is 0 Å². The van der Waals surface area contributed by atoms with Gasteiger partial charge in [0.15, 0.2) is 0 Å². The van der Waals surface area contributed by atoms with E-state index in [-0.39, 0.29) is 11.6 Å². The van der Waals surface area contributed by atoms with E-state index in [2.05, 4.69) is 32.6 Å². The molecule has 0 aromatic carbocycles. The van der Waals surface area contributed by atoms with Crippen molar-refractivity contribution in [3.05, 3.63) is 0 Å². The van der Waals surface area contributed by atoms with Crippen LogP contribution in [0.1, 0.15) is 47.0 Å². The fourth-order valence-corrected chi connectivity index (χ4v) is 2.36. The van der Waals surface area contributed by atoms with Crippen LogP contribution in [0.5, 0.6) is 0 Å². The summed E-state index contributed by atoms with van der Waals surface area (Å²) in [5.41, 5.74) is 6.00. The van der Waals surface area contributed by atoms with Crippen LogP contribution < -0.4 is 5.73 Å². The molecule has 1 aliphatic rings. The lowest BCUT2D eigenvalue weighted by Crippen LogP contribution is -2.50. The van der Waals surface area contributed by atoms with Crippen LogP contribution in [0.2, 0.25) is 0 Å². The molecule has 1 fully saturated rings. The maximum atomic E-state index is 6.03. The van der Waals surface area contributed by atoms with Crippen molar-refractivity contribution < 1.29 is 4.74 Å². The van der Waals surface area contributed by atoms with Crippen molar-refractivity contribution in [2.24, 2.45) is 5.73 Å². The number of likely N-dealkylation sites (tertiary alicyclic amines) is 1. The average molecular weight is 228 g/mol. The number of hydrogen-bond donors (Lipinski definition) is 1. The Bertz CT molecular complexity index is 199. The van der Waals surface area contributed by atoms with Gasteiger partial charge in [0.05, 0.1) is 12.2 Å². The quantitative estimate of drug-likeness (QED) is 0.800. The molecule has 2 N–H and O–H groups in total. The molecule has 1 aliphatic heterocycles. The van der Waals surface area contributed by atoms with E-state index in [1.165, 1.54) is 25.8 Å².